The molecule has 0 saturated carbocycles. The molecule has 4 aromatic rings. The van der Waals surface area contributed by atoms with Crippen molar-refractivity contribution in [3.05, 3.63) is 98.6 Å². The highest BCUT2D eigenvalue weighted by Gasteiger charge is 2.46. The van der Waals surface area contributed by atoms with Crippen LogP contribution >= 0.6 is 0 Å². The summed E-state index contributed by atoms with van der Waals surface area (Å²) in [6.45, 7) is 0. The first-order chi connectivity index (χ1) is 28.0. The first kappa shape index (κ1) is 47.7. The van der Waals surface area contributed by atoms with Gasteiger partial charge in [0.1, 0.15) is 48.5 Å². The van der Waals surface area contributed by atoms with Gasteiger partial charge in [0, 0.05) is 12.1 Å². The number of ether oxygens (including phenoxy) is 4. The van der Waals surface area contributed by atoms with Crippen LogP contribution in [0.5, 0.6) is 17.2 Å². The highest BCUT2D eigenvalue weighted by molar-refractivity contribution is 7.85. The van der Waals surface area contributed by atoms with Crippen LogP contribution in [-0.2, 0) is 46.5 Å². The Morgan fingerprint density at radius 1 is 0.600 bits per heavy atom. The van der Waals surface area contributed by atoms with Crippen molar-refractivity contribution in [3.63, 3.8) is 0 Å². The standard InChI is InChI=1S/C36H22B9F3O11S/c37-9-15-1-20(24(12-40)26(44)2-15)33(50)57-28-7-19(56-32(49)22-5-18(43)6-27(45)25(22)13-41)8-29(31(28)35(52)59-30(36(46,47)48)14-60(53,54)55)58-34(51)21-4-17(42)3-16(10-38)23(21)11-39/h1-8,30H,9-14H2,(H,53,54,55). The van der Waals surface area contributed by atoms with Gasteiger partial charge < -0.3 is 18.9 Å². The van der Waals surface area contributed by atoms with Crippen molar-refractivity contribution in [2.75, 3.05) is 5.75 Å². The number of carbonyl (C=O) groups excluding carboxylic acids is 4. The second kappa shape index (κ2) is 19.6. The largest absolute Gasteiger partial charge is 0.448 e. The smallest absolute Gasteiger partial charge is 0.426 e. The van der Waals surface area contributed by atoms with E-state index in [0.717, 1.165) is 12.1 Å². The third kappa shape index (κ3) is 11.4. The zero-order valence-corrected chi connectivity index (χ0v) is 32.0. The molecule has 11 nitrogen and oxygen atoms in total. The fourth-order valence-corrected chi connectivity index (χ4v) is 6.45. The van der Waals surface area contributed by atoms with E-state index in [4.69, 9.17) is 84.8 Å². The summed E-state index contributed by atoms with van der Waals surface area (Å²) in [6.07, 6.45) is -10.6. The maximum atomic E-state index is 14.1. The molecule has 4 aromatic carbocycles. The van der Waals surface area contributed by atoms with Gasteiger partial charge in [0.25, 0.3) is 10.1 Å². The summed E-state index contributed by atoms with van der Waals surface area (Å²) in [4.78, 5) is 55.3. The van der Waals surface area contributed by atoms with Crippen LogP contribution in [0.2, 0.25) is 0 Å². The van der Waals surface area contributed by atoms with Gasteiger partial charge in [-0.1, -0.05) is 94.9 Å². The molecule has 0 aromatic heterocycles. The van der Waals surface area contributed by atoms with Crippen molar-refractivity contribution in [1.82, 2.24) is 0 Å². The number of esters is 4. The molecule has 0 amide bonds. The minimum atomic E-state index is -5.64. The van der Waals surface area contributed by atoms with Crippen LogP contribution in [0.15, 0.2) is 48.5 Å². The molecule has 0 bridgehead atoms. The molecule has 4 rings (SSSR count). The van der Waals surface area contributed by atoms with Gasteiger partial charge in [-0.15, -0.1) is 0 Å². The number of carbonyl (C=O) groups is 4. The van der Waals surface area contributed by atoms with E-state index >= 15 is 0 Å². The fourth-order valence-electron chi connectivity index (χ4n) is 5.81. The maximum Gasteiger partial charge on any atom is 0.426 e. The Morgan fingerprint density at radius 2 is 1.07 bits per heavy atom. The Kier molecular flexibility index (Phi) is 15.6. The third-order valence-electron chi connectivity index (χ3n) is 8.58. The van der Waals surface area contributed by atoms with Crippen LogP contribution < -0.4 is 36.1 Å². The molecule has 1 unspecified atom stereocenters. The second-order valence-corrected chi connectivity index (χ2v) is 14.2. The van der Waals surface area contributed by atoms with Crippen molar-refractivity contribution in [2.45, 2.75) is 43.9 Å². The Balaban J connectivity index is 2.04. The van der Waals surface area contributed by atoms with Crippen LogP contribution in [0.4, 0.5) is 13.2 Å². The van der Waals surface area contributed by atoms with Crippen LogP contribution in [0.1, 0.15) is 69.2 Å². The van der Waals surface area contributed by atoms with Gasteiger partial charge in [-0.05, 0) is 22.8 Å². The molecule has 1 atom stereocenters. The molecular weight excluding hydrogens is 795 g/mol. The summed E-state index contributed by atoms with van der Waals surface area (Å²) in [6, 6.07) is 8.82. The second-order valence-electron chi connectivity index (χ2n) is 12.7. The third-order valence-corrected chi connectivity index (χ3v) is 9.30. The van der Waals surface area contributed by atoms with E-state index in [1.54, 1.807) is 0 Å². The predicted molar refractivity (Wildman–Crippen MR) is 221 cm³/mol. The molecule has 0 spiro atoms. The summed E-state index contributed by atoms with van der Waals surface area (Å²) in [5.74, 6) is -11.3. The van der Waals surface area contributed by atoms with Crippen LogP contribution in [0.3, 0.4) is 0 Å². The van der Waals surface area contributed by atoms with Gasteiger partial charge in [-0.3, -0.25) is 4.55 Å². The van der Waals surface area contributed by atoms with Gasteiger partial charge in [0.2, 0.25) is 6.10 Å². The van der Waals surface area contributed by atoms with Crippen LogP contribution in [0.25, 0.3) is 0 Å². The molecule has 0 aliphatic carbocycles. The average Bonchev–Trinajstić information content (AvgIpc) is 3.15. The van der Waals surface area contributed by atoms with Gasteiger partial charge >= 0.3 is 30.1 Å². The Bertz CT molecular complexity index is 2430. The minimum absolute atomic E-state index is 0.00697. The van der Waals surface area contributed by atoms with E-state index in [1.807, 2.05) is 0 Å². The Labute approximate surface area is 355 Å². The number of halogens is 3. The topological polar surface area (TPSA) is 160 Å². The Morgan fingerprint density at radius 3 is 1.53 bits per heavy atom. The van der Waals surface area contributed by atoms with E-state index in [1.165, 1.54) is 24.3 Å². The molecule has 0 saturated heterocycles. The van der Waals surface area contributed by atoms with E-state index < -0.39 is 74.8 Å². The number of rotatable bonds is 15. The average molecular weight is 817 g/mol. The highest BCUT2D eigenvalue weighted by Crippen LogP contribution is 2.38. The van der Waals surface area contributed by atoms with Gasteiger partial charge in [0.15, 0.2) is 11.5 Å². The number of benzene rings is 4. The summed E-state index contributed by atoms with van der Waals surface area (Å²) < 4.78 is 95.7. The zero-order chi connectivity index (χ0) is 44.9. The van der Waals surface area contributed by atoms with Crippen LogP contribution in [-0.4, -0.2) is 125 Å². The van der Waals surface area contributed by atoms with E-state index in [9.17, 15) is 45.3 Å². The normalized spacial score (nSPS) is 12.0. The van der Waals surface area contributed by atoms with Crippen molar-refractivity contribution >= 4 is 126 Å². The van der Waals surface area contributed by atoms with Gasteiger partial charge in [-0.25, -0.2) is 19.2 Å². The fraction of sp³-hybridized carbons (Fsp3) is 0.222. The van der Waals surface area contributed by atoms with E-state index in [0.29, 0.717) is 12.1 Å². The molecule has 0 aliphatic heterocycles. The van der Waals surface area contributed by atoms with Crippen molar-refractivity contribution < 1.29 is 64.3 Å². The molecule has 1 N–H and O–H groups in total. The van der Waals surface area contributed by atoms with Crippen LogP contribution in [0, 0.1) is 0 Å². The molecule has 18 radical (unpaired) electrons. The molecule has 0 fully saturated rings. The first-order valence-corrected chi connectivity index (χ1v) is 18.7. The molecule has 0 heterocycles. The molecule has 24 heteroatoms. The number of hydrogen-bond acceptors (Lipinski definition) is 10. The highest BCUT2D eigenvalue weighted by atomic mass is 32.2. The van der Waals surface area contributed by atoms with E-state index in [-0.39, 0.29) is 98.0 Å². The molecular formula is C36H22B9F3O11S. The Hall–Kier alpha value is -4.96. The van der Waals surface area contributed by atoms with Gasteiger partial charge in [-0.2, -0.15) is 21.6 Å². The van der Waals surface area contributed by atoms with Gasteiger partial charge in [0.05, 0.1) is 55.9 Å². The monoisotopic (exact) mass is 818 g/mol. The lowest BCUT2D eigenvalue weighted by molar-refractivity contribution is -0.197. The van der Waals surface area contributed by atoms with Crippen molar-refractivity contribution in [3.8, 4) is 17.2 Å². The zero-order valence-electron chi connectivity index (χ0n) is 31.2. The lowest BCUT2D eigenvalue weighted by Gasteiger charge is -2.22. The van der Waals surface area contributed by atoms with E-state index in [2.05, 4.69) is 4.74 Å². The minimum Gasteiger partial charge on any atom is -0.448 e. The number of alkyl halides is 3. The first-order valence-electron chi connectivity index (χ1n) is 17.1. The van der Waals surface area contributed by atoms with Crippen molar-refractivity contribution in [2.24, 2.45) is 0 Å². The summed E-state index contributed by atoms with van der Waals surface area (Å²) in [5, 5.41) is 0. The quantitative estimate of drug-likeness (QED) is 0.0668. The molecule has 286 valence electrons. The summed E-state index contributed by atoms with van der Waals surface area (Å²) in [7, 11) is 47.5. The lowest BCUT2D eigenvalue weighted by Crippen LogP contribution is -2.39. The number of hydrogen-bond donors (Lipinski definition) is 1. The summed E-state index contributed by atoms with van der Waals surface area (Å²) >= 11 is 0. The SMILES string of the molecule is [B]Cc1cc([B])c(C[B])c(C(=O)Oc2cc(OC(=O)c3cc([B])cc([B])c3C[B])cc(OC(=O)c3cc([B])cc(C[B])c3C[B])c2C(=O)OC(CS(=O)(=O)O)C(F)(F)F)c1. The maximum absolute atomic E-state index is 14.1. The molecule has 0 aliphatic rings. The summed E-state index contributed by atoms with van der Waals surface area (Å²) in [5.41, 5.74) is -1.69. The predicted octanol–water partition coefficient (Wildman–Crippen LogP) is -1.16. The lowest BCUT2D eigenvalue weighted by atomic mass is 9.77. The molecule has 60 heavy (non-hydrogen) atoms. The van der Waals surface area contributed by atoms with Crippen molar-refractivity contribution in [1.29, 1.82) is 0 Å².